The summed E-state index contributed by atoms with van der Waals surface area (Å²) in [6, 6.07) is 7.69. The molecule has 0 saturated heterocycles. The molecule has 108 valence electrons. The maximum absolute atomic E-state index is 5.79. The van der Waals surface area contributed by atoms with Crippen LogP contribution < -0.4 is 14.8 Å². The molecule has 0 radical (unpaired) electrons. The van der Waals surface area contributed by atoms with Crippen LogP contribution in [0.2, 0.25) is 0 Å². The fourth-order valence-corrected chi connectivity index (χ4v) is 1.90. The Morgan fingerprint density at radius 2 is 2.00 bits per heavy atom. The zero-order valence-electron chi connectivity index (χ0n) is 11.8. The van der Waals surface area contributed by atoms with E-state index in [-0.39, 0.29) is 0 Å². The molecule has 21 heavy (non-hydrogen) atoms. The fraction of sp³-hybridized carbons (Fsp3) is 0.214. The summed E-state index contributed by atoms with van der Waals surface area (Å²) < 4.78 is 10.9. The van der Waals surface area contributed by atoms with Gasteiger partial charge in [0.15, 0.2) is 5.65 Å². The van der Waals surface area contributed by atoms with Gasteiger partial charge in [0.05, 0.1) is 13.3 Å². The number of ether oxygens (including phenoxy) is 2. The van der Waals surface area contributed by atoms with Gasteiger partial charge in [-0.2, -0.15) is 15.1 Å². The molecule has 2 aromatic heterocycles. The van der Waals surface area contributed by atoms with E-state index in [9.17, 15) is 0 Å². The molecule has 1 aromatic carbocycles. The summed E-state index contributed by atoms with van der Waals surface area (Å²) in [6.07, 6.45) is 1.65. The Hall–Kier alpha value is -2.83. The van der Waals surface area contributed by atoms with E-state index < -0.39 is 0 Å². The van der Waals surface area contributed by atoms with Crippen molar-refractivity contribution in [3.63, 3.8) is 0 Å². The molecular weight excluding hydrogens is 270 g/mol. The van der Waals surface area contributed by atoms with Gasteiger partial charge in [0.1, 0.15) is 17.7 Å². The number of anilines is 1. The van der Waals surface area contributed by atoms with Crippen LogP contribution in [0.4, 0.5) is 5.95 Å². The first-order valence-electron chi connectivity index (χ1n) is 6.45. The molecule has 0 unspecified atom stereocenters. The Morgan fingerprint density at radius 3 is 2.71 bits per heavy atom. The second-order valence-electron chi connectivity index (χ2n) is 4.37. The number of aromatic amines is 1. The minimum Gasteiger partial charge on any atom is -0.497 e. The van der Waals surface area contributed by atoms with Crippen molar-refractivity contribution in [2.45, 2.75) is 6.61 Å². The van der Waals surface area contributed by atoms with Gasteiger partial charge in [-0.1, -0.05) is 12.1 Å². The maximum Gasteiger partial charge on any atom is 0.229 e. The number of benzene rings is 1. The molecule has 3 rings (SSSR count). The SMILES string of the molecule is CNc1nc(OCc2ccc(OC)cc2)c2cn[nH]c2n1. The zero-order chi connectivity index (χ0) is 14.7. The Morgan fingerprint density at radius 1 is 1.19 bits per heavy atom. The predicted octanol–water partition coefficient (Wildman–Crippen LogP) is 1.98. The van der Waals surface area contributed by atoms with Crippen molar-refractivity contribution in [1.29, 1.82) is 0 Å². The summed E-state index contributed by atoms with van der Waals surface area (Å²) in [5, 5.41) is 10.4. The lowest BCUT2D eigenvalue weighted by molar-refractivity contribution is 0.298. The van der Waals surface area contributed by atoms with Crippen LogP contribution in [-0.4, -0.2) is 34.3 Å². The van der Waals surface area contributed by atoms with E-state index >= 15 is 0 Å². The first kappa shape index (κ1) is 13.2. The van der Waals surface area contributed by atoms with Crippen molar-refractivity contribution >= 4 is 17.0 Å². The molecule has 0 atom stereocenters. The highest BCUT2D eigenvalue weighted by Crippen LogP contribution is 2.23. The van der Waals surface area contributed by atoms with Crippen molar-refractivity contribution in [2.75, 3.05) is 19.5 Å². The molecular formula is C14H15N5O2. The first-order chi connectivity index (χ1) is 10.3. The van der Waals surface area contributed by atoms with E-state index in [0.717, 1.165) is 16.7 Å². The third-order valence-corrected chi connectivity index (χ3v) is 3.03. The van der Waals surface area contributed by atoms with Crippen molar-refractivity contribution in [1.82, 2.24) is 20.2 Å². The standard InChI is InChI=1S/C14H15N5O2/c1-15-14-17-12-11(7-16-19-12)13(18-14)21-8-9-3-5-10(20-2)6-4-9/h3-7H,8H2,1-2H3,(H2,15,16,17,18,19). The lowest BCUT2D eigenvalue weighted by Crippen LogP contribution is -2.02. The van der Waals surface area contributed by atoms with Crippen LogP contribution in [0.1, 0.15) is 5.56 Å². The molecule has 0 spiro atoms. The van der Waals surface area contributed by atoms with E-state index in [1.165, 1.54) is 0 Å². The Labute approximate surface area is 121 Å². The second-order valence-corrected chi connectivity index (χ2v) is 4.37. The van der Waals surface area contributed by atoms with Gasteiger partial charge in [-0.05, 0) is 17.7 Å². The molecule has 7 nitrogen and oxygen atoms in total. The Bertz CT molecular complexity index is 739. The molecule has 2 heterocycles. The number of methoxy groups -OCH3 is 1. The van der Waals surface area contributed by atoms with Gasteiger partial charge in [-0.3, -0.25) is 5.10 Å². The molecule has 0 aliphatic rings. The molecule has 2 N–H and O–H groups in total. The number of rotatable bonds is 5. The summed E-state index contributed by atoms with van der Waals surface area (Å²) in [7, 11) is 3.39. The smallest absolute Gasteiger partial charge is 0.229 e. The summed E-state index contributed by atoms with van der Waals surface area (Å²) >= 11 is 0. The van der Waals surface area contributed by atoms with Crippen LogP contribution in [0, 0.1) is 0 Å². The largest absolute Gasteiger partial charge is 0.497 e. The lowest BCUT2D eigenvalue weighted by Gasteiger charge is -2.08. The molecule has 0 saturated carbocycles. The fourth-order valence-electron chi connectivity index (χ4n) is 1.90. The van der Waals surface area contributed by atoms with Gasteiger partial charge in [0, 0.05) is 7.05 Å². The highest BCUT2D eigenvalue weighted by Gasteiger charge is 2.10. The average molecular weight is 285 g/mol. The predicted molar refractivity (Wildman–Crippen MR) is 78.6 cm³/mol. The lowest BCUT2D eigenvalue weighted by atomic mass is 10.2. The third-order valence-electron chi connectivity index (χ3n) is 3.03. The van der Waals surface area contributed by atoms with E-state index in [2.05, 4.69) is 25.5 Å². The van der Waals surface area contributed by atoms with Crippen LogP contribution in [0.5, 0.6) is 11.6 Å². The minimum absolute atomic E-state index is 0.407. The van der Waals surface area contributed by atoms with Gasteiger partial charge in [-0.15, -0.1) is 0 Å². The van der Waals surface area contributed by atoms with Crippen LogP contribution >= 0.6 is 0 Å². The molecule has 0 aliphatic carbocycles. The van der Waals surface area contributed by atoms with Gasteiger partial charge >= 0.3 is 0 Å². The number of nitrogens with one attached hydrogen (secondary N) is 2. The summed E-state index contributed by atoms with van der Waals surface area (Å²) in [6.45, 7) is 0.407. The number of aromatic nitrogens is 4. The minimum atomic E-state index is 0.407. The van der Waals surface area contributed by atoms with Crippen LogP contribution in [0.3, 0.4) is 0 Å². The Balaban J connectivity index is 1.81. The van der Waals surface area contributed by atoms with Crippen molar-refractivity contribution in [3.8, 4) is 11.6 Å². The van der Waals surface area contributed by atoms with Gasteiger partial charge in [0.2, 0.25) is 11.8 Å². The van der Waals surface area contributed by atoms with E-state index in [0.29, 0.717) is 24.1 Å². The summed E-state index contributed by atoms with van der Waals surface area (Å²) in [5.41, 5.74) is 1.66. The molecule has 0 fully saturated rings. The number of nitrogens with zero attached hydrogens (tertiary/aromatic N) is 3. The highest BCUT2D eigenvalue weighted by molar-refractivity contribution is 5.80. The van der Waals surface area contributed by atoms with E-state index in [1.54, 1.807) is 20.4 Å². The third kappa shape index (κ3) is 2.71. The van der Waals surface area contributed by atoms with Crippen molar-refractivity contribution in [2.24, 2.45) is 0 Å². The van der Waals surface area contributed by atoms with Gasteiger partial charge in [0.25, 0.3) is 0 Å². The molecule has 3 aromatic rings. The number of hydrogen-bond acceptors (Lipinski definition) is 6. The number of H-pyrrole nitrogens is 1. The highest BCUT2D eigenvalue weighted by atomic mass is 16.5. The van der Waals surface area contributed by atoms with Crippen molar-refractivity contribution < 1.29 is 9.47 Å². The number of hydrogen-bond donors (Lipinski definition) is 2. The zero-order valence-corrected chi connectivity index (χ0v) is 11.8. The monoisotopic (exact) mass is 285 g/mol. The van der Waals surface area contributed by atoms with Crippen LogP contribution in [0.15, 0.2) is 30.5 Å². The maximum atomic E-state index is 5.79. The van der Waals surface area contributed by atoms with Crippen LogP contribution in [-0.2, 0) is 6.61 Å². The molecule has 0 amide bonds. The second kappa shape index (κ2) is 5.66. The Kier molecular flexibility index (Phi) is 3.55. The summed E-state index contributed by atoms with van der Waals surface area (Å²) in [5.74, 6) is 1.79. The molecule has 0 bridgehead atoms. The van der Waals surface area contributed by atoms with E-state index in [1.807, 2.05) is 24.3 Å². The first-order valence-corrected chi connectivity index (χ1v) is 6.45. The average Bonchev–Trinajstić information content (AvgIpc) is 3.01. The van der Waals surface area contributed by atoms with E-state index in [4.69, 9.17) is 9.47 Å². The van der Waals surface area contributed by atoms with Crippen molar-refractivity contribution in [3.05, 3.63) is 36.0 Å². The molecule has 7 heteroatoms. The van der Waals surface area contributed by atoms with Crippen LogP contribution in [0.25, 0.3) is 11.0 Å². The topological polar surface area (TPSA) is 85.0 Å². The van der Waals surface area contributed by atoms with Gasteiger partial charge in [-0.25, -0.2) is 0 Å². The normalized spacial score (nSPS) is 10.6. The number of fused-ring (bicyclic) bond motifs is 1. The summed E-state index contributed by atoms with van der Waals surface area (Å²) in [4.78, 5) is 8.57. The van der Waals surface area contributed by atoms with Gasteiger partial charge < -0.3 is 14.8 Å². The molecule has 0 aliphatic heterocycles. The quantitative estimate of drug-likeness (QED) is 0.745.